The molecule has 1 unspecified atom stereocenters. The summed E-state index contributed by atoms with van der Waals surface area (Å²) in [6.45, 7) is 4.17. The summed E-state index contributed by atoms with van der Waals surface area (Å²) in [5.41, 5.74) is 0. The van der Waals surface area contributed by atoms with E-state index in [9.17, 15) is 8.78 Å². The van der Waals surface area contributed by atoms with Crippen LogP contribution in [0, 0.1) is 5.92 Å². The van der Waals surface area contributed by atoms with E-state index in [1.807, 2.05) is 0 Å². The quantitative estimate of drug-likeness (QED) is 0.815. The average molecular weight is 231 g/mol. The molecule has 16 heavy (non-hydrogen) atoms. The molecule has 1 aromatic heterocycles. The number of halogens is 2. The van der Waals surface area contributed by atoms with Gasteiger partial charge in [-0.3, -0.25) is 4.57 Å². The zero-order valence-electron chi connectivity index (χ0n) is 9.95. The van der Waals surface area contributed by atoms with Crippen molar-refractivity contribution in [1.29, 1.82) is 0 Å². The third-order valence-electron chi connectivity index (χ3n) is 2.73. The van der Waals surface area contributed by atoms with Crippen LogP contribution in [0.1, 0.15) is 39.6 Å². The maximum Gasteiger partial charge on any atom is 0.319 e. The maximum atomic E-state index is 12.5. The smallest absolute Gasteiger partial charge is 0.307 e. The van der Waals surface area contributed by atoms with Crippen LogP contribution in [-0.4, -0.2) is 15.6 Å². The van der Waals surface area contributed by atoms with Crippen LogP contribution in [0.5, 0.6) is 0 Å². The molecule has 0 saturated carbocycles. The monoisotopic (exact) mass is 231 g/mol. The van der Waals surface area contributed by atoms with Gasteiger partial charge in [-0.1, -0.05) is 20.8 Å². The molecule has 0 aliphatic carbocycles. The van der Waals surface area contributed by atoms with Crippen LogP contribution in [0.25, 0.3) is 0 Å². The van der Waals surface area contributed by atoms with Gasteiger partial charge in [0, 0.05) is 18.4 Å². The predicted octanol–water partition coefficient (Wildman–Crippen LogP) is 2.80. The molecule has 0 aromatic carbocycles. The summed E-state index contributed by atoms with van der Waals surface area (Å²) < 4.78 is 25.9. The molecule has 1 rings (SSSR count). The van der Waals surface area contributed by atoms with Gasteiger partial charge in [-0.2, -0.15) is 8.78 Å². The van der Waals surface area contributed by atoms with Crippen LogP contribution >= 0.6 is 0 Å². The molecule has 0 radical (unpaired) electrons. The van der Waals surface area contributed by atoms with Gasteiger partial charge in [0.05, 0.1) is 6.54 Å². The highest BCUT2D eigenvalue weighted by molar-refractivity contribution is 4.93. The molecule has 0 aliphatic heterocycles. The largest absolute Gasteiger partial charge is 0.319 e. The Kier molecular flexibility index (Phi) is 4.86. The first-order valence-corrected chi connectivity index (χ1v) is 5.59. The minimum atomic E-state index is -2.52. The number of hydrogen-bond acceptors (Lipinski definition) is 2. The Hall–Kier alpha value is -0.970. The highest BCUT2D eigenvalue weighted by Crippen LogP contribution is 2.13. The molecule has 0 saturated heterocycles. The summed E-state index contributed by atoms with van der Waals surface area (Å²) in [4.78, 5) is 3.92. The van der Waals surface area contributed by atoms with Crippen LogP contribution in [0.3, 0.4) is 0 Å². The molecule has 0 amide bonds. The van der Waals surface area contributed by atoms with Gasteiger partial charge in [0.2, 0.25) is 0 Å². The number of imidazole rings is 1. The van der Waals surface area contributed by atoms with Crippen molar-refractivity contribution in [1.82, 2.24) is 14.9 Å². The first kappa shape index (κ1) is 13.1. The molecule has 1 heterocycles. The van der Waals surface area contributed by atoms with Gasteiger partial charge in [-0.15, -0.1) is 0 Å². The predicted molar refractivity (Wildman–Crippen MR) is 59.2 cm³/mol. The molecule has 1 atom stereocenters. The highest BCUT2D eigenvalue weighted by Gasteiger charge is 2.14. The Morgan fingerprint density at radius 2 is 2.12 bits per heavy atom. The van der Waals surface area contributed by atoms with E-state index in [1.165, 1.54) is 12.4 Å². The summed E-state index contributed by atoms with van der Waals surface area (Å²) in [5, 5.41) is 3.25. The van der Waals surface area contributed by atoms with Crippen LogP contribution in [0.4, 0.5) is 8.78 Å². The molecule has 5 heteroatoms. The number of nitrogens with one attached hydrogen (secondary N) is 1. The average Bonchev–Trinajstić information content (AvgIpc) is 2.66. The van der Waals surface area contributed by atoms with Crippen LogP contribution in [0.2, 0.25) is 0 Å². The van der Waals surface area contributed by atoms with E-state index >= 15 is 0 Å². The second kappa shape index (κ2) is 5.94. The van der Waals surface area contributed by atoms with Crippen molar-refractivity contribution in [3.05, 3.63) is 18.2 Å². The van der Waals surface area contributed by atoms with Crippen LogP contribution in [-0.2, 0) is 6.54 Å². The van der Waals surface area contributed by atoms with Gasteiger partial charge in [-0.05, 0) is 12.3 Å². The van der Waals surface area contributed by atoms with E-state index in [4.69, 9.17) is 0 Å². The Bertz CT molecular complexity index is 310. The zero-order chi connectivity index (χ0) is 12.1. The van der Waals surface area contributed by atoms with Crippen molar-refractivity contribution >= 4 is 0 Å². The first-order chi connectivity index (χ1) is 7.56. The number of nitrogens with zero attached hydrogens (tertiary/aromatic N) is 2. The molecule has 0 fully saturated rings. The van der Waals surface area contributed by atoms with Crippen molar-refractivity contribution in [2.24, 2.45) is 5.92 Å². The molecular formula is C11H19F2N3. The molecular weight excluding hydrogens is 212 g/mol. The second-order valence-electron chi connectivity index (χ2n) is 4.17. The topological polar surface area (TPSA) is 29.9 Å². The van der Waals surface area contributed by atoms with Crippen molar-refractivity contribution in [2.45, 2.75) is 46.3 Å². The molecule has 0 bridgehead atoms. The van der Waals surface area contributed by atoms with Gasteiger partial charge in [-0.25, -0.2) is 4.98 Å². The Balaban J connectivity index is 2.56. The zero-order valence-corrected chi connectivity index (χ0v) is 9.95. The number of alkyl halides is 2. The lowest BCUT2D eigenvalue weighted by Gasteiger charge is -2.20. The van der Waals surface area contributed by atoms with Gasteiger partial charge < -0.3 is 5.32 Å². The number of aromatic nitrogens is 2. The number of rotatable bonds is 6. The molecule has 1 N–H and O–H groups in total. The van der Waals surface area contributed by atoms with Gasteiger partial charge in [0.1, 0.15) is 5.82 Å². The van der Waals surface area contributed by atoms with Crippen LogP contribution in [0.15, 0.2) is 12.4 Å². The molecule has 1 aromatic rings. The van der Waals surface area contributed by atoms with E-state index < -0.39 is 6.55 Å². The Morgan fingerprint density at radius 3 is 2.62 bits per heavy atom. The van der Waals surface area contributed by atoms with Gasteiger partial charge in [0.25, 0.3) is 0 Å². The lowest BCUT2D eigenvalue weighted by molar-refractivity contribution is 0.0663. The van der Waals surface area contributed by atoms with Crippen molar-refractivity contribution in [2.75, 3.05) is 0 Å². The van der Waals surface area contributed by atoms with E-state index in [0.717, 1.165) is 11.0 Å². The standard InChI is InChI=1S/C11H19F2N3/c1-4-9(8(2)3)15-7-10-14-5-6-16(10)11(12)13/h5-6,8-9,11,15H,4,7H2,1-3H3. The van der Waals surface area contributed by atoms with Crippen molar-refractivity contribution in [3.8, 4) is 0 Å². The van der Waals surface area contributed by atoms with Crippen molar-refractivity contribution < 1.29 is 8.78 Å². The minimum absolute atomic E-state index is 0.336. The van der Waals surface area contributed by atoms with E-state index in [-0.39, 0.29) is 0 Å². The third kappa shape index (κ3) is 3.27. The summed E-state index contributed by atoms with van der Waals surface area (Å²) in [6, 6.07) is 0.336. The lowest BCUT2D eigenvalue weighted by atomic mass is 10.0. The Labute approximate surface area is 94.9 Å². The summed E-state index contributed by atoms with van der Waals surface area (Å²) in [6.07, 6.45) is 3.69. The molecule has 0 aliphatic rings. The number of hydrogen-bond donors (Lipinski definition) is 1. The lowest BCUT2D eigenvalue weighted by Crippen LogP contribution is -2.33. The van der Waals surface area contributed by atoms with E-state index in [1.54, 1.807) is 0 Å². The minimum Gasteiger partial charge on any atom is -0.307 e. The highest BCUT2D eigenvalue weighted by atomic mass is 19.3. The SMILES string of the molecule is CCC(NCc1nccn1C(F)F)C(C)C. The Morgan fingerprint density at radius 1 is 1.44 bits per heavy atom. The van der Waals surface area contributed by atoms with E-state index in [0.29, 0.717) is 24.3 Å². The van der Waals surface area contributed by atoms with Crippen LogP contribution < -0.4 is 5.32 Å². The molecule has 92 valence electrons. The fraction of sp³-hybridized carbons (Fsp3) is 0.727. The first-order valence-electron chi connectivity index (χ1n) is 5.59. The fourth-order valence-electron chi connectivity index (χ4n) is 1.73. The normalized spacial score (nSPS) is 13.7. The molecule has 3 nitrogen and oxygen atoms in total. The van der Waals surface area contributed by atoms with Crippen molar-refractivity contribution in [3.63, 3.8) is 0 Å². The van der Waals surface area contributed by atoms with Gasteiger partial charge >= 0.3 is 6.55 Å². The summed E-state index contributed by atoms with van der Waals surface area (Å²) in [5.74, 6) is 0.870. The summed E-state index contributed by atoms with van der Waals surface area (Å²) >= 11 is 0. The second-order valence-corrected chi connectivity index (χ2v) is 4.17. The molecule has 0 spiro atoms. The summed E-state index contributed by atoms with van der Waals surface area (Å²) in [7, 11) is 0. The fourth-order valence-corrected chi connectivity index (χ4v) is 1.73. The van der Waals surface area contributed by atoms with E-state index in [2.05, 4.69) is 31.1 Å². The maximum absolute atomic E-state index is 12.5. The van der Waals surface area contributed by atoms with Gasteiger partial charge in [0.15, 0.2) is 0 Å². The third-order valence-corrected chi connectivity index (χ3v) is 2.73.